The molecule has 2 N–H and O–H groups in total. The molecule has 1 aromatic rings. The second-order valence-corrected chi connectivity index (χ2v) is 6.87. The Labute approximate surface area is 133 Å². The number of amides is 1. The Morgan fingerprint density at radius 1 is 1.48 bits per heavy atom. The van der Waals surface area contributed by atoms with E-state index >= 15 is 0 Å². The molecule has 0 fully saturated rings. The third-order valence-electron chi connectivity index (χ3n) is 2.83. The molecule has 0 spiro atoms. The molecule has 21 heavy (non-hydrogen) atoms. The number of nitrogens with zero attached hydrogens (tertiary/aromatic N) is 1. The molecule has 7 heteroatoms. The summed E-state index contributed by atoms with van der Waals surface area (Å²) in [6.45, 7) is 4.71. The molecule has 1 rings (SSSR count). The normalized spacial score (nSPS) is 13.5. The topological polar surface area (TPSA) is 71.1 Å². The average molecular weight is 332 g/mol. The van der Waals surface area contributed by atoms with Crippen LogP contribution in [0.4, 0.5) is 5.82 Å². The van der Waals surface area contributed by atoms with Crippen LogP contribution < -0.4 is 10.6 Å². The number of anilines is 1. The number of rotatable bonds is 8. The molecule has 2 atom stereocenters. The maximum atomic E-state index is 12.2. The van der Waals surface area contributed by atoms with Crippen molar-refractivity contribution >= 4 is 34.1 Å². The standard InChI is InChI=1S/C14H22ClN3O2S/c1-4-6-16-13-9-11(8-12(15)18-13)14(19)17-10(2)5-7-21(3)20/h8-10H,4-7H2,1-3H3,(H,16,18)(H,17,19). The smallest absolute Gasteiger partial charge is 0.251 e. The molecule has 1 amide bonds. The zero-order chi connectivity index (χ0) is 15.8. The van der Waals surface area contributed by atoms with Crippen LogP contribution in [-0.4, -0.2) is 39.7 Å². The van der Waals surface area contributed by atoms with E-state index in [1.807, 2.05) is 13.8 Å². The number of pyridine rings is 1. The van der Waals surface area contributed by atoms with Gasteiger partial charge < -0.3 is 10.6 Å². The fourth-order valence-corrected chi connectivity index (χ4v) is 2.59. The van der Waals surface area contributed by atoms with Gasteiger partial charge >= 0.3 is 0 Å². The number of aromatic nitrogens is 1. The summed E-state index contributed by atoms with van der Waals surface area (Å²) in [5.74, 6) is 0.965. The van der Waals surface area contributed by atoms with Gasteiger partial charge in [0.1, 0.15) is 11.0 Å². The number of halogens is 1. The summed E-state index contributed by atoms with van der Waals surface area (Å²) in [5, 5.41) is 6.26. The fourth-order valence-electron chi connectivity index (χ4n) is 1.69. The van der Waals surface area contributed by atoms with Crippen LogP contribution in [-0.2, 0) is 10.8 Å². The van der Waals surface area contributed by atoms with Crippen molar-refractivity contribution in [2.24, 2.45) is 0 Å². The van der Waals surface area contributed by atoms with Gasteiger partial charge in [-0.2, -0.15) is 0 Å². The van der Waals surface area contributed by atoms with Crippen LogP contribution in [0.3, 0.4) is 0 Å². The van der Waals surface area contributed by atoms with Crippen LogP contribution in [0.2, 0.25) is 5.15 Å². The molecule has 0 aliphatic carbocycles. The van der Waals surface area contributed by atoms with E-state index in [-0.39, 0.29) is 17.1 Å². The van der Waals surface area contributed by atoms with Crippen LogP contribution in [0, 0.1) is 0 Å². The first kappa shape index (κ1) is 17.9. The van der Waals surface area contributed by atoms with E-state index in [9.17, 15) is 9.00 Å². The molecule has 2 unspecified atom stereocenters. The highest BCUT2D eigenvalue weighted by atomic mass is 35.5. The van der Waals surface area contributed by atoms with Gasteiger partial charge in [-0.25, -0.2) is 4.98 Å². The van der Waals surface area contributed by atoms with Crippen molar-refractivity contribution in [3.8, 4) is 0 Å². The minimum atomic E-state index is -0.849. The van der Waals surface area contributed by atoms with E-state index in [4.69, 9.17) is 11.6 Å². The number of carbonyl (C=O) groups is 1. The molecule has 0 bridgehead atoms. The van der Waals surface area contributed by atoms with E-state index in [1.54, 1.807) is 18.4 Å². The maximum Gasteiger partial charge on any atom is 0.251 e. The lowest BCUT2D eigenvalue weighted by Gasteiger charge is -2.14. The lowest BCUT2D eigenvalue weighted by atomic mass is 10.2. The Hall–Kier alpha value is -1.14. The molecule has 0 radical (unpaired) electrons. The van der Waals surface area contributed by atoms with Crippen LogP contribution in [0.1, 0.15) is 37.0 Å². The van der Waals surface area contributed by atoms with Crippen LogP contribution in [0.15, 0.2) is 12.1 Å². The molecule has 0 aliphatic rings. The van der Waals surface area contributed by atoms with Gasteiger partial charge in [-0.15, -0.1) is 0 Å². The highest BCUT2D eigenvalue weighted by Crippen LogP contribution is 2.15. The van der Waals surface area contributed by atoms with E-state index in [0.29, 0.717) is 23.6 Å². The van der Waals surface area contributed by atoms with Gasteiger partial charge in [0, 0.05) is 41.0 Å². The lowest BCUT2D eigenvalue weighted by molar-refractivity contribution is 0.0939. The highest BCUT2D eigenvalue weighted by Gasteiger charge is 2.12. The second kappa shape index (κ2) is 9.00. The van der Waals surface area contributed by atoms with Crippen molar-refractivity contribution < 1.29 is 9.00 Å². The van der Waals surface area contributed by atoms with Crippen molar-refractivity contribution in [1.82, 2.24) is 10.3 Å². The lowest BCUT2D eigenvalue weighted by Crippen LogP contribution is -2.33. The van der Waals surface area contributed by atoms with Gasteiger partial charge in [0.25, 0.3) is 5.91 Å². The molecule has 118 valence electrons. The molecule has 1 heterocycles. The minimum Gasteiger partial charge on any atom is -0.370 e. The van der Waals surface area contributed by atoms with Crippen molar-refractivity contribution in [2.45, 2.75) is 32.7 Å². The molecule has 0 saturated carbocycles. The molecule has 5 nitrogen and oxygen atoms in total. The largest absolute Gasteiger partial charge is 0.370 e. The van der Waals surface area contributed by atoms with Gasteiger partial charge in [0.05, 0.1) is 0 Å². The first-order valence-corrected chi connectivity index (χ1v) is 9.05. The number of nitrogens with one attached hydrogen (secondary N) is 2. The van der Waals surface area contributed by atoms with Crippen molar-refractivity contribution in [3.63, 3.8) is 0 Å². The van der Waals surface area contributed by atoms with Crippen LogP contribution in [0.25, 0.3) is 0 Å². The molecule has 1 aromatic heterocycles. The molecule has 0 saturated heterocycles. The molecular weight excluding hydrogens is 310 g/mol. The summed E-state index contributed by atoms with van der Waals surface area (Å²) in [5.41, 5.74) is 0.470. The minimum absolute atomic E-state index is 0.0413. The Morgan fingerprint density at radius 3 is 2.81 bits per heavy atom. The highest BCUT2D eigenvalue weighted by molar-refractivity contribution is 7.84. The van der Waals surface area contributed by atoms with E-state index in [2.05, 4.69) is 15.6 Å². The predicted octanol–water partition coefficient (Wildman–Crippen LogP) is 2.44. The van der Waals surface area contributed by atoms with Crippen molar-refractivity contribution in [1.29, 1.82) is 0 Å². The van der Waals surface area contributed by atoms with Crippen LogP contribution >= 0.6 is 11.6 Å². The third-order valence-corrected chi connectivity index (χ3v) is 3.83. The monoisotopic (exact) mass is 331 g/mol. The summed E-state index contributed by atoms with van der Waals surface area (Å²) in [7, 11) is -0.849. The third kappa shape index (κ3) is 6.91. The fraction of sp³-hybridized carbons (Fsp3) is 0.571. The molecule has 0 aromatic carbocycles. The SMILES string of the molecule is CCCNc1cc(C(=O)NC(C)CCS(C)=O)cc(Cl)n1. The Morgan fingerprint density at radius 2 is 2.19 bits per heavy atom. The van der Waals surface area contributed by atoms with Gasteiger partial charge in [0.2, 0.25) is 0 Å². The van der Waals surface area contributed by atoms with Gasteiger partial charge in [-0.1, -0.05) is 18.5 Å². The molecule has 0 aliphatic heterocycles. The summed E-state index contributed by atoms with van der Waals surface area (Å²) in [6, 6.07) is 3.18. The quantitative estimate of drug-likeness (QED) is 0.718. The summed E-state index contributed by atoms with van der Waals surface area (Å²) in [6.07, 6.45) is 3.29. The molecular formula is C14H22ClN3O2S. The van der Waals surface area contributed by atoms with Crippen molar-refractivity contribution in [3.05, 3.63) is 22.8 Å². The maximum absolute atomic E-state index is 12.2. The summed E-state index contributed by atoms with van der Waals surface area (Å²) in [4.78, 5) is 16.3. The van der Waals surface area contributed by atoms with Gasteiger partial charge in [0.15, 0.2) is 0 Å². The van der Waals surface area contributed by atoms with Crippen molar-refractivity contribution in [2.75, 3.05) is 23.9 Å². The Bertz CT molecular complexity index is 511. The van der Waals surface area contributed by atoms with E-state index in [1.165, 1.54) is 0 Å². The Balaban J connectivity index is 2.68. The summed E-state index contributed by atoms with van der Waals surface area (Å²) >= 11 is 5.94. The first-order chi connectivity index (χ1) is 9.92. The number of hydrogen-bond acceptors (Lipinski definition) is 4. The van der Waals surface area contributed by atoms with Gasteiger partial charge in [-0.3, -0.25) is 9.00 Å². The zero-order valence-electron chi connectivity index (χ0n) is 12.6. The number of carbonyl (C=O) groups excluding carboxylic acids is 1. The van der Waals surface area contributed by atoms with Gasteiger partial charge in [-0.05, 0) is 31.9 Å². The number of hydrogen-bond donors (Lipinski definition) is 2. The summed E-state index contributed by atoms with van der Waals surface area (Å²) < 4.78 is 11.1. The Kier molecular flexibility index (Phi) is 7.67. The predicted molar refractivity (Wildman–Crippen MR) is 88.5 cm³/mol. The first-order valence-electron chi connectivity index (χ1n) is 6.94. The van der Waals surface area contributed by atoms with E-state index in [0.717, 1.165) is 13.0 Å². The zero-order valence-corrected chi connectivity index (χ0v) is 14.2. The van der Waals surface area contributed by atoms with E-state index < -0.39 is 10.8 Å². The second-order valence-electron chi connectivity index (χ2n) is 4.93. The van der Waals surface area contributed by atoms with Crippen LogP contribution in [0.5, 0.6) is 0 Å². The average Bonchev–Trinajstić information content (AvgIpc) is 2.42.